The largest absolute Gasteiger partial charge is 0.377 e. The second-order valence-corrected chi connectivity index (χ2v) is 6.23. The molecular formula is C16H21Cl2NO2. The van der Waals surface area contributed by atoms with E-state index in [1.807, 2.05) is 6.92 Å². The maximum Gasteiger partial charge on any atom is 0.181 e. The number of ketones is 1. The Labute approximate surface area is 136 Å². The van der Waals surface area contributed by atoms with E-state index in [4.69, 9.17) is 27.9 Å². The van der Waals surface area contributed by atoms with Gasteiger partial charge < -0.3 is 4.74 Å². The monoisotopic (exact) mass is 329 g/mol. The highest BCUT2D eigenvalue weighted by Gasteiger charge is 2.26. The molecule has 0 bridgehead atoms. The number of carbonyl (C=O) groups excluding carboxylic acids is 1. The SMILES string of the molecule is CCN(CC1CCCO1)C(C)C(=O)c1ccc(Cl)cc1Cl. The lowest BCUT2D eigenvalue weighted by Crippen LogP contribution is -2.43. The number of rotatable bonds is 6. The summed E-state index contributed by atoms with van der Waals surface area (Å²) in [5.41, 5.74) is 0.527. The molecule has 2 rings (SSSR count). The Hall–Kier alpha value is -0.610. The van der Waals surface area contributed by atoms with Gasteiger partial charge in [0, 0.05) is 23.7 Å². The third kappa shape index (κ3) is 4.19. The molecule has 1 aliphatic heterocycles. The van der Waals surface area contributed by atoms with Gasteiger partial charge in [-0.3, -0.25) is 9.69 Å². The summed E-state index contributed by atoms with van der Waals surface area (Å²) in [6, 6.07) is 4.78. The van der Waals surface area contributed by atoms with E-state index in [0.717, 1.165) is 32.5 Å². The van der Waals surface area contributed by atoms with E-state index in [0.29, 0.717) is 15.6 Å². The summed E-state index contributed by atoms with van der Waals surface area (Å²) in [6.45, 7) is 6.40. The van der Waals surface area contributed by atoms with Crippen molar-refractivity contribution in [1.29, 1.82) is 0 Å². The van der Waals surface area contributed by atoms with E-state index >= 15 is 0 Å². The summed E-state index contributed by atoms with van der Waals surface area (Å²) in [7, 11) is 0. The molecule has 1 fully saturated rings. The molecule has 2 unspecified atom stereocenters. The molecule has 1 aromatic rings. The summed E-state index contributed by atoms with van der Waals surface area (Å²) in [5, 5.41) is 0.948. The molecule has 0 aromatic heterocycles. The normalized spacial score (nSPS) is 20.0. The van der Waals surface area contributed by atoms with Crippen molar-refractivity contribution in [3.8, 4) is 0 Å². The van der Waals surface area contributed by atoms with Gasteiger partial charge in [0.15, 0.2) is 5.78 Å². The minimum Gasteiger partial charge on any atom is -0.377 e. The molecule has 3 nitrogen and oxygen atoms in total. The maximum absolute atomic E-state index is 12.6. The lowest BCUT2D eigenvalue weighted by Gasteiger charge is -2.29. The Kier molecular flexibility index (Phi) is 6.06. The highest BCUT2D eigenvalue weighted by atomic mass is 35.5. The fourth-order valence-electron chi connectivity index (χ4n) is 2.69. The molecule has 1 saturated heterocycles. The number of benzene rings is 1. The Balaban J connectivity index is 2.08. The minimum atomic E-state index is -0.224. The quantitative estimate of drug-likeness (QED) is 0.737. The maximum atomic E-state index is 12.6. The van der Waals surface area contributed by atoms with Crippen LogP contribution in [-0.2, 0) is 4.74 Å². The number of hydrogen-bond acceptors (Lipinski definition) is 3. The van der Waals surface area contributed by atoms with Crippen LogP contribution >= 0.6 is 23.2 Å². The fourth-order valence-corrected chi connectivity index (χ4v) is 3.19. The smallest absolute Gasteiger partial charge is 0.181 e. The van der Waals surface area contributed by atoms with E-state index in [1.165, 1.54) is 0 Å². The van der Waals surface area contributed by atoms with Crippen LogP contribution in [0.1, 0.15) is 37.0 Å². The van der Waals surface area contributed by atoms with Gasteiger partial charge in [-0.2, -0.15) is 0 Å². The van der Waals surface area contributed by atoms with Crippen LogP contribution in [0.5, 0.6) is 0 Å². The summed E-state index contributed by atoms with van der Waals surface area (Å²) in [5.74, 6) is 0.0245. The zero-order chi connectivity index (χ0) is 15.4. The lowest BCUT2D eigenvalue weighted by molar-refractivity contribution is 0.0552. The molecule has 1 aromatic carbocycles. The molecule has 2 atom stereocenters. The van der Waals surface area contributed by atoms with Crippen molar-refractivity contribution in [1.82, 2.24) is 4.90 Å². The van der Waals surface area contributed by atoms with Gasteiger partial charge in [-0.1, -0.05) is 30.1 Å². The molecule has 0 radical (unpaired) electrons. The molecule has 116 valence electrons. The summed E-state index contributed by atoms with van der Waals surface area (Å²) in [4.78, 5) is 14.8. The van der Waals surface area contributed by atoms with Crippen LogP contribution < -0.4 is 0 Å². The number of Topliss-reactive ketones (excluding diaryl/α,β-unsaturated/α-hetero) is 1. The molecule has 21 heavy (non-hydrogen) atoms. The van der Waals surface area contributed by atoms with Crippen LogP contribution in [0.4, 0.5) is 0 Å². The van der Waals surface area contributed by atoms with Crippen LogP contribution in [0, 0.1) is 0 Å². The number of likely N-dealkylation sites (N-methyl/N-ethyl adjacent to an activating group) is 1. The van der Waals surface area contributed by atoms with Crippen molar-refractivity contribution in [2.24, 2.45) is 0 Å². The van der Waals surface area contributed by atoms with Crippen LogP contribution in [0.15, 0.2) is 18.2 Å². The van der Waals surface area contributed by atoms with E-state index < -0.39 is 0 Å². The average Bonchev–Trinajstić information content (AvgIpc) is 2.96. The molecule has 1 heterocycles. The Morgan fingerprint density at radius 1 is 1.48 bits per heavy atom. The van der Waals surface area contributed by atoms with Crippen molar-refractivity contribution >= 4 is 29.0 Å². The van der Waals surface area contributed by atoms with E-state index in [-0.39, 0.29) is 17.9 Å². The third-order valence-electron chi connectivity index (χ3n) is 3.99. The molecule has 0 spiro atoms. The first kappa shape index (κ1) is 16.8. The van der Waals surface area contributed by atoms with Gasteiger partial charge in [-0.15, -0.1) is 0 Å². The highest BCUT2D eigenvalue weighted by molar-refractivity contribution is 6.37. The molecule has 0 aliphatic carbocycles. The highest BCUT2D eigenvalue weighted by Crippen LogP contribution is 2.24. The number of nitrogens with zero attached hydrogens (tertiary/aromatic N) is 1. The summed E-state index contributed by atoms with van der Waals surface area (Å²) in [6.07, 6.45) is 2.41. The van der Waals surface area contributed by atoms with Crippen molar-refractivity contribution < 1.29 is 9.53 Å². The topological polar surface area (TPSA) is 29.5 Å². The predicted octanol–water partition coefficient (Wildman–Crippen LogP) is 4.07. The van der Waals surface area contributed by atoms with Gasteiger partial charge in [0.1, 0.15) is 0 Å². The molecule has 0 saturated carbocycles. The van der Waals surface area contributed by atoms with Crippen LogP contribution in [0.25, 0.3) is 0 Å². The van der Waals surface area contributed by atoms with Gasteiger partial charge in [-0.25, -0.2) is 0 Å². The summed E-state index contributed by atoms with van der Waals surface area (Å²) < 4.78 is 5.66. The Morgan fingerprint density at radius 3 is 2.81 bits per heavy atom. The molecule has 1 aliphatic rings. The zero-order valence-electron chi connectivity index (χ0n) is 12.4. The summed E-state index contributed by atoms with van der Waals surface area (Å²) >= 11 is 12.0. The molecular weight excluding hydrogens is 309 g/mol. The molecule has 0 amide bonds. The van der Waals surface area contributed by atoms with Gasteiger partial charge in [0.25, 0.3) is 0 Å². The third-order valence-corrected chi connectivity index (χ3v) is 4.54. The van der Waals surface area contributed by atoms with Gasteiger partial charge in [0.05, 0.1) is 17.2 Å². The second kappa shape index (κ2) is 7.59. The molecule has 0 N–H and O–H groups in total. The van der Waals surface area contributed by atoms with Crippen LogP contribution in [0.2, 0.25) is 10.0 Å². The Morgan fingerprint density at radius 2 is 2.24 bits per heavy atom. The van der Waals surface area contributed by atoms with Gasteiger partial charge >= 0.3 is 0 Å². The van der Waals surface area contributed by atoms with Crippen molar-refractivity contribution in [2.75, 3.05) is 19.7 Å². The zero-order valence-corrected chi connectivity index (χ0v) is 14.0. The number of hydrogen-bond donors (Lipinski definition) is 0. The van der Waals surface area contributed by atoms with Crippen molar-refractivity contribution in [3.63, 3.8) is 0 Å². The van der Waals surface area contributed by atoms with Crippen molar-refractivity contribution in [3.05, 3.63) is 33.8 Å². The minimum absolute atomic E-state index is 0.0245. The van der Waals surface area contributed by atoms with E-state index in [1.54, 1.807) is 18.2 Å². The number of carbonyl (C=O) groups is 1. The first-order valence-electron chi connectivity index (χ1n) is 7.37. The number of ether oxygens (including phenoxy) is 1. The van der Waals surface area contributed by atoms with E-state index in [2.05, 4.69) is 11.8 Å². The van der Waals surface area contributed by atoms with Gasteiger partial charge in [-0.05, 0) is 44.5 Å². The van der Waals surface area contributed by atoms with Crippen LogP contribution in [0.3, 0.4) is 0 Å². The predicted molar refractivity (Wildman–Crippen MR) is 86.5 cm³/mol. The second-order valence-electron chi connectivity index (χ2n) is 5.39. The van der Waals surface area contributed by atoms with Gasteiger partial charge in [0.2, 0.25) is 0 Å². The lowest BCUT2D eigenvalue weighted by atomic mass is 10.0. The van der Waals surface area contributed by atoms with Crippen molar-refractivity contribution in [2.45, 2.75) is 38.8 Å². The van der Waals surface area contributed by atoms with E-state index in [9.17, 15) is 4.79 Å². The first-order valence-corrected chi connectivity index (χ1v) is 8.13. The number of halogens is 2. The van der Waals surface area contributed by atoms with Crippen LogP contribution in [-0.4, -0.2) is 42.5 Å². The standard InChI is InChI=1S/C16H21Cl2NO2/c1-3-19(10-13-5-4-8-21-13)11(2)16(20)14-7-6-12(17)9-15(14)18/h6-7,9,11,13H,3-5,8,10H2,1-2H3. The first-order chi connectivity index (χ1) is 10.0. The molecule has 5 heteroatoms. The average molecular weight is 330 g/mol. The fraction of sp³-hybridized carbons (Fsp3) is 0.562. The Bertz CT molecular complexity index is 501.